The summed E-state index contributed by atoms with van der Waals surface area (Å²) in [6.45, 7) is 1.58. The van der Waals surface area contributed by atoms with Crippen LogP contribution in [-0.4, -0.2) is 35.0 Å². The molecule has 1 aliphatic heterocycles. The molecule has 1 saturated heterocycles. The Labute approximate surface area is 109 Å². The first-order valence-corrected chi connectivity index (χ1v) is 5.89. The molecule has 1 aliphatic rings. The normalized spacial score (nSPS) is 18.8. The molecule has 1 aromatic heterocycles. The predicted octanol–water partition coefficient (Wildman–Crippen LogP) is 0.219. The van der Waals surface area contributed by atoms with Crippen LogP contribution in [-0.2, 0) is 0 Å². The van der Waals surface area contributed by atoms with Gasteiger partial charge in [0.1, 0.15) is 17.9 Å². The molecule has 0 saturated carbocycles. The van der Waals surface area contributed by atoms with Gasteiger partial charge in [-0.05, 0) is 19.4 Å². The molecule has 102 valence electrons. The number of piperidine rings is 1. The monoisotopic (exact) mass is 266 g/mol. The predicted molar refractivity (Wildman–Crippen MR) is 65.9 cm³/mol. The van der Waals surface area contributed by atoms with E-state index < -0.39 is 10.8 Å². The summed E-state index contributed by atoms with van der Waals surface area (Å²) in [5.74, 6) is -0.748. The smallest absolute Gasteiger partial charge is 0.288 e. The van der Waals surface area contributed by atoms with Crippen LogP contribution in [0.2, 0.25) is 0 Å². The molecule has 0 radical (unpaired) electrons. The van der Waals surface area contributed by atoms with Crippen molar-refractivity contribution in [2.75, 3.05) is 13.1 Å². The molecule has 8 heteroatoms. The van der Waals surface area contributed by atoms with Crippen LogP contribution in [0.1, 0.15) is 23.2 Å². The van der Waals surface area contributed by atoms with Gasteiger partial charge in [-0.15, -0.1) is 0 Å². The van der Waals surface area contributed by atoms with E-state index in [0.717, 1.165) is 31.6 Å². The molecule has 0 aromatic carbocycles. The van der Waals surface area contributed by atoms with E-state index in [2.05, 4.69) is 10.3 Å². The lowest BCUT2D eigenvalue weighted by Crippen LogP contribution is -2.37. The van der Waals surface area contributed by atoms with Crippen LogP contribution in [0.3, 0.4) is 0 Å². The van der Waals surface area contributed by atoms with Crippen molar-refractivity contribution in [2.24, 2.45) is 5.73 Å². The summed E-state index contributed by atoms with van der Waals surface area (Å²) in [5, 5.41) is 13.8. The van der Waals surface area contributed by atoms with Gasteiger partial charge in [-0.25, -0.2) is 4.98 Å². The summed E-state index contributed by atoms with van der Waals surface area (Å²) in [6, 6.07) is 1.08. The van der Waals surface area contributed by atoms with Gasteiger partial charge in [-0.2, -0.15) is 0 Å². The number of hydrogen-bond acceptors (Lipinski definition) is 6. The van der Waals surface area contributed by atoms with Crippen LogP contribution in [0.25, 0.3) is 0 Å². The minimum Gasteiger partial charge on any atom is -0.472 e. The number of carbonyl (C=O) groups excluding carboxylic acids is 1. The van der Waals surface area contributed by atoms with Crippen molar-refractivity contribution in [1.82, 2.24) is 10.3 Å². The third-order valence-electron chi connectivity index (χ3n) is 2.84. The van der Waals surface area contributed by atoms with E-state index in [4.69, 9.17) is 10.5 Å². The highest BCUT2D eigenvalue weighted by atomic mass is 16.6. The van der Waals surface area contributed by atoms with Gasteiger partial charge in [-0.1, -0.05) is 0 Å². The minimum absolute atomic E-state index is 0.0480. The molecule has 8 nitrogen and oxygen atoms in total. The number of rotatable bonds is 4. The zero-order valence-electron chi connectivity index (χ0n) is 10.2. The van der Waals surface area contributed by atoms with Crippen molar-refractivity contribution in [2.45, 2.75) is 18.9 Å². The Balaban J connectivity index is 2.23. The highest BCUT2D eigenvalue weighted by Crippen LogP contribution is 2.22. The molecule has 0 spiro atoms. The lowest BCUT2D eigenvalue weighted by atomic mass is 10.1. The molecule has 0 bridgehead atoms. The Kier molecular flexibility index (Phi) is 3.91. The summed E-state index contributed by atoms with van der Waals surface area (Å²) in [6.07, 6.45) is 2.74. The molecule has 19 heavy (non-hydrogen) atoms. The molecule has 0 unspecified atom stereocenters. The van der Waals surface area contributed by atoms with Crippen molar-refractivity contribution in [3.05, 3.63) is 27.9 Å². The van der Waals surface area contributed by atoms with E-state index >= 15 is 0 Å². The maximum atomic E-state index is 11.3. The van der Waals surface area contributed by atoms with Crippen molar-refractivity contribution in [1.29, 1.82) is 0 Å². The number of hydrogen-bond donors (Lipinski definition) is 2. The van der Waals surface area contributed by atoms with E-state index in [-0.39, 0.29) is 23.2 Å². The molecule has 2 heterocycles. The second kappa shape index (κ2) is 5.61. The number of amides is 1. The van der Waals surface area contributed by atoms with Gasteiger partial charge >= 0.3 is 0 Å². The second-order valence-corrected chi connectivity index (χ2v) is 4.25. The van der Waals surface area contributed by atoms with Gasteiger partial charge in [0.25, 0.3) is 11.6 Å². The Hall–Kier alpha value is -2.22. The molecule has 0 aliphatic carbocycles. The summed E-state index contributed by atoms with van der Waals surface area (Å²) < 4.78 is 5.59. The number of nitrogens with two attached hydrogens (primary N) is 1. The van der Waals surface area contributed by atoms with Gasteiger partial charge in [0.05, 0.1) is 4.92 Å². The average molecular weight is 266 g/mol. The third-order valence-corrected chi connectivity index (χ3v) is 2.84. The van der Waals surface area contributed by atoms with Gasteiger partial charge in [-0.3, -0.25) is 14.9 Å². The number of primary amides is 1. The number of nitrogens with one attached hydrogen (secondary N) is 1. The van der Waals surface area contributed by atoms with Gasteiger partial charge in [0, 0.05) is 12.6 Å². The van der Waals surface area contributed by atoms with E-state index in [0.29, 0.717) is 6.54 Å². The number of aromatic nitrogens is 1. The fourth-order valence-electron chi connectivity index (χ4n) is 1.89. The number of nitrogens with zero attached hydrogens (tertiary/aromatic N) is 2. The summed E-state index contributed by atoms with van der Waals surface area (Å²) >= 11 is 0. The zero-order chi connectivity index (χ0) is 13.8. The second-order valence-electron chi connectivity index (χ2n) is 4.25. The first-order chi connectivity index (χ1) is 9.08. The van der Waals surface area contributed by atoms with Crippen LogP contribution in [0.15, 0.2) is 12.3 Å². The van der Waals surface area contributed by atoms with Gasteiger partial charge in [0.15, 0.2) is 0 Å². The van der Waals surface area contributed by atoms with Crippen molar-refractivity contribution >= 4 is 11.6 Å². The lowest BCUT2D eigenvalue weighted by Gasteiger charge is -2.23. The number of nitro groups is 1. The fraction of sp³-hybridized carbons (Fsp3) is 0.455. The molecule has 1 aromatic rings. The number of carbonyl (C=O) groups is 1. The molecule has 2 rings (SSSR count). The summed E-state index contributed by atoms with van der Waals surface area (Å²) in [4.78, 5) is 25.1. The summed E-state index contributed by atoms with van der Waals surface area (Å²) in [7, 11) is 0. The molecule has 1 amide bonds. The largest absolute Gasteiger partial charge is 0.472 e. The zero-order valence-corrected chi connectivity index (χ0v) is 10.2. The first kappa shape index (κ1) is 13.2. The van der Waals surface area contributed by atoms with Crippen LogP contribution in [0, 0.1) is 10.1 Å². The fourth-order valence-corrected chi connectivity index (χ4v) is 1.89. The van der Waals surface area contributed by atoms with Crippen LogP contribution in [0.5, 0.6) is 5.88 Å². The maximum absolute atomic E-state index is 11.3. The first-order valence-electron chi connectivity index (χ1n) is 5.89. The highest BCUT2D eigenvalue weighted by molar-refractivity contribution is 5.95. The van der Waals surface area contributed by atoms with Gasteiger partial charge in [0.2, 0.25) is 5.88 Å². The average Bonchev–Trinajstić information content (AvgIpc) is 2.39. The maximum Gasteiger partial charge on any atom is 0.288 e. The molecule has 3 N–H and O–H groups in total. The lowest BCUT2D eigenvalue weighted by molar-refractivity contribution is -0.385. The van der Waals surface area contributed by atoms with E-state index in [1.807, 2.05) is 0 Å². The Morgan fingerprint density at radius 1 is 1.63 bits per heavy atom. The van der Waals surface area contributed by atoms with E-state index in [1.165, 1.54) is 0 Å². The summed E-state index contributed by atoms with van der Waals surface area (Å²) in [5.41, 5.74) is 4.83. The minimum atomic E-state index is -0.796. The number of pyridine rings is 1. The Morgan fingerprint density at radius 3 is 3.00 bits per heavy atom. The highest BCUT2D eigenvalue weighted by Gasteiger charge is 2.21. The van der Waals surface area contributed by atoms with Crippen LogP contribution < -0.4 is 15.8 Å². The topological polar surface area (TPSA) is 120 Å². The molecule has 1 atom stereocenters. The standard InChI is InChI=1S/C11H14N4O4/c12-10(16)9-4-7(15(17)18)5-14-11(9)19-8-2-1-3-13-6-8/h4-5,8,13H,1-3,6H2,(H2,12,16)/t8-/m0/s1. The number of ether oxygens (including phenoxy) is 1. The quantitative estimate of drug-likeness (QED) is 0.594. The molecule has 1 fully saturated rings. The van der Waals surface area contributed by atoms with Crippen molar-refractivity contribution in [3.8, 4) is 5.88 Å². The third kappa shape index (κ3) is 3.16. The van der Waals surface area contributed by atoms with E-state index in [1.54, 1.807) is 0 Å². The Morgan fingerprint density at radius 2 is 2.42 bits per heavy atom. The van der Waals surface area contributed by atoms with E-state index in [9.17, 15) is 14.9 Å². The molecular weight excluding hydrogens is 252 g/mol. The van der Waals surface area contributed by atoms with Gasteiger partial charge < -0.3 is 15.8 Å². The van der Waals surface area contributed by atoms with Crippen LogP contribution >= 0.6 is 0 Å². The Bertz CT molecular complexity index is 499. The van der Waals surface area contributed by atoms with Crippen molar-refractivity contribution in [3.63, 3.8) is 0 Å². The SMILES string of the molecule is NC(=O)c1cc([N+](=O)[O-])cnc1O[C@H]1CCCNC1. The van der Waals surface area contributed by atoms with Crippen molar-refractivity contribution < 1.29 is 14.5 Å². The molecular formula is C11H14N4O4. The van der Waals surface area contributed by atoms with Crippen LogP contribution in [0.4, 0.5) is 5.69 Å².